The summed E-state index contributed by atoms with van der Waals surface area (Å²) in [5.74, 6) is 3.46. The van der Waals surface area contributed by atoms with E-state index >= 15 is 0 Å². The summed E-state index contributed by atoms with van der Waals surface area (Å²) < 4.78 is 8.84. The molecule has 0 aliphatic rings. The Bertz CT molecular complexity index is 470. The van der Waals surface area contributed by atoms with E-state index in [1.165, 1.54) is 20.3 Å². The number of esters is 2. The van der Waals surface area contributed by atoms with E-state index in [2.05, 4.69) is 26.3 Å². The van der Waals surface area contributed by atoms with Crippen molar-refractivity contribution in [3.63, 3.8) is 0 Å². The van der Waals surface area contributed by atoms with E-state index in [0.717, 1.165) is 0 Å². The molecule has 1 aromatic rings. The number of carbonyl (C=O) groups excluding carboxylic acids is 2. The van der Waals surface area contributed by atoms with Crippen LogP contribution >= 0.6 is 0 Å². The molecule has 0 aromatic carbocycles. The lowest BCUT2D eigenvalue weighted by Gasteiger charge is -1.97. The van der Waals surface area contributed by atoms with Gasteiger partial charge in [0.15, 0.2) is 0 Å². The van der Waals surface area contributed by atoms with Gasteiger partial charge in [-0.2, -0.15) is 0 Å². The minimum absolute atomic E-state index is 0.138. The molecule has 1 aromatic heterocycles. The van der Waals surface area contributed by atoms with Gasteiger partial charge in [0.05, 0.1) is 14.2 Å². The predicted octanol–water partition coefficient (Wildman–Crippen LogP) is 0.393. The average molecular weight is 219 g/mol. The summed E-state index contributed by atoms with van der Waals surface area (Å²) in [5, 5.41) is 0. The third-order valence-corrected chi connectivity index (χ3v) is 1.62. The van der Waals surface area contributed by atoms with Crippen molar-refractivity contribution in [2.45, 2.75) is 0 Å². The number of hydrogen-bond donors (Lipinski definition) is 0. The van der Waals surface area contributed by atoms with Crippen LogP contribution in [0.3, 0.4) is 0 Å². The third kappa shape index (κ3) is 3.10. The van der Waals surface area contributed by atoms with Crippen LogP contribution in [0.5, 0.6) is 0 Å². The van der Waals surface area contributed by atoms with Gasteiger partial charge in [-0.05, 0) is 18.1 Å². The molecule has 16 heavy (non-hydrogen) atoms. The van der Waals surface area contributed by atoms with Gasteiger partial charge in [0.1, 0.15) is 11.4 Å². The number of aromatic nitrogens is 1. The van der Waals surface area contributed by atoms with Gasteiger partial charge in [-0.15, -0.1) is 0 Å². The predicted molar refractivity (Wildman–Crippen MR) is 54.5 cm³/mol. The number of nitrogens with zero attached hydrogens (tertiary/aromatic N) is 1. The fourth-order valence-corrected chi connectivity index (χ4v) is 0.889. The highest BCUT2D eigenvalue weighted by Crippen LogP contribution is 1.99. The van der Waals surface area contributed by atoms with E-state index in [1.807, 2.05) is 0 Å². The fraction of sp³-hybridized carbons (Fsp3) is 0.182. The molecule has 0 atom stereocenters. The van der Waals surface area contributed by atoms with E-state index in [9.17, 15) is 9.59 Å². The zero-order valence-corrected chi connectivity index (χ0v) is 8.81. The maximum absolute atomic E-state index is 11.1. The van der Waals surface area contributed by atoms with E-state index in [-0.39, 0.29) is 5.69 Å². The highest BCUT2D eigenvalue weighted by Gasteiger charge is 2.06. The molecule has 0 spiro atoms. The largest absolute Gasteiger partial charge is 0.464 e. The molecule has 5 heteroatoms. The Morgan fingerprint density at radius 1 is 1.25 bits per heavy atom. The van der Waals surface area contributed by atoms with Crippen molar-refractivity contribution >= 4 is 11.9 Å². The van der Waals surface area contributed by atoms with Crippen molar-refractivity contribution < 1.29 is 19.1 Å². The quantitative estimate of drug-likeness (QED) is 0.505. The summed E-state index contributed by atoms with van der Waals surface area (Å²) in [4.78, 5) is 25.8. The SMILES string of the molecule is COC(=O)C#Cc1cccc(C(=O)OC)n1. The molecule has 0 fully saturated rings. The first-order valence-corrected chi connectivity index (χ1v) is 4.32. The normalized spacial score (nSPS) is 8.62. The molecule has 0 saturated heterocycles. The third-order valence-electron chi connectivity index (χ3n) is 1.62. The molecule has 5 nitrogen and oxygen atoms in total. The molecule has 0 unspecified atom stereocenters. The summed E-state index contributed by atoms with van der Waals surface area (Å²) >= 11 is 0. The first kappa shape index (κ1) is 11.7. The van der Waals surface area contributed by atoms with Crippen molar-refractivity contribution in [1.29, 1.82) is 0 Å². The van der Waals surface area contributed by atoms with Crippen molar-refractivity contribution in [2.75, 3.05) is 14.2 Å². The number of hydrogen-bond acceptors (Lipinski definition) is 5. The summed E-state index contributed by atoms with van der Waals surface area (Å²) in [6.45, 7) is 0. The van der Waals surface area contributed by atoms with Crippen molar-refractivity contribution in [3.05, 3.63) is 29.6 Å². The average Bonchev–Trinajstić information content (AvgIpc) is 2.35. The number of ether oxygens (including phenoxy) is 2. The molecule has 0 amide bonds. The van der Waals surface area contributed by atoms with E-state index < -0.39 is 11.9 Å². The van der Waals surface area contributed by atoms with Crippen LogP contribution in [-0.2, 0) is 14.3 Å². The maximum atomic E-state index is 11.1. The van der Waals surface area contributed by atoms with Gasteiger partial charge in [0.2, 0.25) is 0 Å². The number of pyridine rings is 1. The smallest absolute Gasteiger partial charge is 0.384 e. The number of methoxy groups -OCH3 is 2. The lowest BCUT2D eigenvalue weighted by Crippen LogP contribution is -2.04. The van der Waals surface area contributed by atoms with E-state index in [0.29, 0.717) is 5.69 Å². The molecule has 0 saturated carbocycles. The first-order chi connectivity index (χ1) is 7.67. The molecule has 1 rings (SSSR count). The van der Waals surface area contributed by atoms with Gasteiger partial charge in [-0.3, -0.25) is 0 Å². The zero-order chi connectivity index (χ0) is 12.0. The van der Waals surface area contributed by atoms with Gasteiger partial charge in [0.25, 0.3) is 0 Å². The molecular formula is C11H9NO4. The van der Waals surface area contributed by atoms with Gasteiger partial charge in [0, 0.05) is 5.92 Å². The van der Waals surface area contributed by atoms with Gasteiger partial charge >= 0.3 is 11.9 Å². The van der Waals surface area contributed by atoms with Crippen LogP contribution < -0.4 is 0 Å². The monoisotopic (exact) mass is 219 g/mol. The number of carbonyl (C=O) groups is 2. The van der Waals surface area contributed by atoms with Crippen LogP contribution in [-0.4, -0.2) is 31.1 Å². The Hall–Kier alpha value is -2.35. The lowest BCUT2D eigenvalue weighted by molar-refractivity contribution is -0.133. The van der Waals surface area contributed by atoms with Crippen LogP contribution in [0.2, 0.25) is 0 Å². The topological polar surface area (TPSA) is 65.5 Å². The second-order valence-corrected chi connectivity index (χ2v) is 2.64. The molecule has 82 valence electrons. The van der Waals surface area contributed by atoms with E-state index in [1.54, 1.807) is 12.1 Å². The highest BCUT2D eigenvalue weighted by molar-refractivity contribution is 5.89. The molecule has 1 heterocycles. The summed E-state index contributed by atoms with van der Waals surface area (Å²) in [6.07, 6.45) is 0. The van der Waals surface area contributed by atoms with Gasteiger partial charge in [-0.25, -0.2) is 14.6 Å². The Kier molecular flexibility index (Phi) is 4.04. The standard InChI is InChI=1S/C11H9NO4/c1-15-10(13)7-6-8-4-3-5-9(12-8)11(14)16-2/h3-5H,1-2H3. The molecule has 0 radical (unpaired) electrons. The van der Waals surface area contributed by atoms with Gasteiger partial charge < -0.3 is 9.47 Å². The van der Waals surface area contributed by atoms with Crippen molar-refractivity contribution in [2.24, 2.45) is 0 Å². The zero-order valence-electron chi connectivity index (χ0n) is 8.81. The Balaban J connectivity index is 2.93. The lowest BCUT2D eigenvalue weighted by atomic mass is 10.3. The molecule has 0 aliphatic carbocycles. The highest BCUT2D eigenvalue weighted by atomic mass is 16.5. The van der Waals surface area contributed by atoms with Crippen LogP contribution in [0.15, 0.2) is 18.2 Å². The minimum Gasteiger partial charge on any atom is -0.464 e. The van der Waals surface area contributed by atoms with E-state index in [4.69, 9.17) is 0 Å². The summed E-state index contributed by atoms with van der Waals surface area (Å²) in [6, 6.07) is 4.66. The van der Waals surface area contributed by atoms with Crippen LogP contribution in [0.25, 0.3) is 0 Å². The maximum Gasteiger partial charge on any atom is 0.384 e. The van der Waals surface area contributed by atoms with Crippen LogP contribution in [0.4, 0.5) is 0 Å². The van der Waals surface area contributed by atoms with Crippen molar-refractivity contribution in [1.82, 2.24) is 4.98 Å². The second-order valence-electron chi connectivity index (χ2n) is 2.64. The molecule has 0 aliphatic heterocycles. The fourth-order valence-electron chi connectivity index (χ4n) is 0.889. The van der Waals surface area contributed by atoms with Crippen LogP contribution in [0.1, 0.15) is 16.2 Å². The Morgan fingerprint density at radius 3 is 2.62 bits per heavy atom. The Morgan fingerprint density at radius 2 is 2.00 bits per heavy atom. The summed E-state index contributed by atoms with van der Waals surface area (Å²) in [7, 11) is 2.49. The minimum atomic E-state index is -0.662. The van der Waals surface area contributed by atoms with Crippen LogP contribution in [0, 0.1) is 11.8 Å². The number of rotatable bonds is 1. The van der Waals surface area contributed by atoms with Gasteiger partial charge in [-0.1, -0.05) is 6.07 Å². The second kappa shape index (κ2) is 5.51. The summed E-state index contributed by atoms with van der Waals surface area (Å²) in [5.41, 5.74) is 0.437. The molecular weight excluding hydrogens is 210 g/mol. The van der Waals surface area contributed by atoms with Crippen molar-refractivity contribution in [3.8, 4) is 11.8 Å². The molecule has 0 bridgehead atoms. The Labute approximate surface area is 92.4 Å². The molecule has 0 N–H and O–H groups in total. The first-order valence-electron chi connectivity index (χ1n) is 4.32.